The van der Waals surface area contributed by atoms with Crippen LogP contribution < -0.4 is 0 Å². The maximum atomic E-state index is 11.3. The lowest BCUT2D eigenvalue weighted by Gasteiger charge is -2.30. The molecule has 1 saturated heterocycles. The molecule has 1 aliphatic heterocycles. The highest BCUT2D eigenvalue weighted by Crippen LogP contribution is 2.39. The van der Waals surface area contributed by atoms with Gasteiger partial charge >= 0.3 is 7.82 Å². The van der Waals surface area contributed by atoms with Gasteiger partial charge in [-0.2, -0.15) is 0 Å². The van der Waals surface area contributed by atoms with Crippen LogP contribution in [0.4, 0.5) is 0 Å². The molecule has 1 rings (SSSR count). The van der Waals surface area contributed by atoms with E-state index in [1.165, 1.54) is 109 Å². The number of phosphoric ester groups is 1. The minimum absolute atomic E-state index is 0.342. The second kappa shape index (κ2) is 19.5. The number of hydrogen-bond donors (Lipinski definition) is 2. The number of unbranched alkanes of at least 4 members (excludes halogenated alkanes) is 15. The zero-order chi connectivity index (χ0) is 22.6. The number of nitrogens with zero attached hydrogens (tertiary/aromatic N) is 1. The minimum Gasteiger partial charge on any atom is -0.303 e. The van der Waals surface area contributed by atoms with Crippen LogP contribution in [-0.2, 0) is 9.09 Å². The second-order valence-electron chi connectivity index (χ2n) is 9.67. The summed E-state index contributed by atoms with van der Waals surface area (Å²) in [6, 6.07) is 0. The summed E-state index contributed by atoms with van der Waals surface area (Å²) in [5.41, 5.74) is 0. The molecule has 0 bridgehead atoms. The van der Waals surface area contributed by atoms with E-state index < -0.39 is 7.82 Å². The molecule has 1 fully saturated rings. The quantitative estimate of drug-likeness (QED) is 0.136. The SMILES string of the molecule is CCCCCCCCCCCCCCCCCCC(CN1CCCCC1)OP(=O)(O)O. The van der Waals surface area contributed by atoms with Crippen molar-refractivity contribution in [3.05, 3.63) is 0 Å². The Hall–Kier alpha value is 0.0700. The lowest BCUT2D eigenvalue weighted by molar-refractivity contribution is 0.0796. The zero-order valence-corrected chi connectivity index (χ0v) is 21.3. The van der Waals surface area contributed by atoms with Gasteiger partial charge in [-0.05, 0) is 32.4 Å². The topological polar surface area (TPSA) is 70.0 Å². The van der Waals surface area contributed by atoms with Crippen molar-refractivity contribution in [2.45, 2.75) is 141 Å². The molecular formula is C25H52NO4P. The van der Waals surface area contributed by atoms with E-state index in [4.69, 9.17) is 4.52 Å². The number of piperidine rings is 1. The van der Waals surface area contributed by atoms with Gasteiger partial charge in [0.15, 0.2) is 0 Å². The van der Waals surface area contributed by atoms with Gasteiger partial charge in [-0.15, -0.1) is 0 Å². The van der Waals surface area contributed by atoms with Gasteiger partial charge in [0.2, 0.25) is 0 Å². The van der Waals surface area contributed by atoms with Gasteiger partial charge in [0, 0.05) is 6.54 Å². The van der Waals surface area contributed by atoms with Gasteiger partial charge in [-0.1, -0.05) is 116 Å². The van der Waals surface area contributed by atoms with Crippen LogP contribution in [0.25, 0.3) is 0 Å². The van der Waals surface area contributed by atoms with Gasteiger partial charge in [0.1, 0.15) is 0 Å². The predicted octanol–water partition coefficient (Wildman–Crippen LogP) is 7.60. The summed E-state index contributed by atoms with van der Waals surface area (Å²) < 4.78 is 16.4. The van der Waals surface area contributed by atoms with Crippen molar-refractivity contribution in [2.24, 2.45) is 0 Å². The van der Waals surface area contributed by atoms with Crippen LogP contribution in [0.2, 0.25) is 0 Å². The molecule has 0 amide bonds. The maximum Gasteiger partial charge on any atom is 0.469 e. The zero-order valence-electron chi connectivity index (χ0n) is 20.4. The molecule has 2 N–H and O–H groups in total. The fourth-order valence-corrected chi connectivity index (χ4v) is 5.28. The lowest BCUT2D eigenvalue weighted by atomic mass is 10.0. The van der Waals surface area contributed by atoms with Crippen molar-refractivity contribution in [2.75, 3.05) is 19.6 Å². The first kappa shape index (κ1) is 29.1. The predicted molar refractivity (Wildman–Crippen MR) is 131 cm³/mol. The fraction of sp³-hybridized carbons (Fsp3) is 1.00. The number of phosphoric acid groups is 1. The molecular weight excluding hydrogens is 409 g/mol. The average molecular weight is 462 g/mol. The van der Waals surface area contributed by atoms with Crippen LogP contribution in [0.5, 0.6) is 0 Å². The summed E-state index contributed by atoms with van der Waals surface area (Å²) in [7, 11) is -4.41. The van der Waals surface area contributed by atoms with Gasteiger partial charge in [0.25, 0.3) is 0 Å². The molecule has 31 heavy (non-hydrogen) atoms. The van der Waals surface area contributed by atoms with Gasteiger partial charge in [-0.3, -0.25) is 4.52 Å². The molecule has 0 saturated carbocycles. The summed E-state index contributed by atoms with van der Waals surface area (Å²) in [5.74, 6) is 0. The Balaban J connectivity index is 1.94. The van der Waals surface area contributed by atoms with Crippen molar-refractivity contribution >= 4 is 7.82 Å². The van der Waals surface area contributed by atoms with E-state index in [2.05, 4.69) is 11.8 Å². The maximum absolute atomic E-state index is 11.3. The van der Waals surface area contributed by atoms with Crippen LogP contribution in [0.3, 0.4) is 0 Å². The van der Waals surface area contributed by atoms with E-state index in [9.17, 15) is 14.4 Å². The van der Waals surface area contributed by atoms with Crippen molar-refractivity contribution in [3.8, 4) is 0 Å². The summed E-state index contributed by atoms with van der Waals surface area (Å²) >= 11 is 0. The van der Waals surface area contributed by atoms with E-state index >= 15 is 0 Å². The number of rotatable bonds is 21. The highest BCUT2D eigenvalue weighted by Gasteiger charge is 2.24. The third kappa shape index (κ3) is 19.3. The standard InChI is InChI=1S/C25H52NO4P/c1-2-3-4-5-6-7-8-9-10-11-12-13-14-15-16-18-21-25(30-31(27,28)29)24-26-22-19-17-20-23-26/h25H,2-24H2,1H3,(H2,27,28,29). The first-order valence-corrected chi connectivity index (χ1v) is 15.0. The van der Waals surface area contributed by atoms with E-state index in [0.29, 0.717) is 6.54 Å². The van der Waals surface area contributed by atoms with Crippen molar-refractivity contribution in [1.82, 2.24) is 4.90 Å². The average Bonchev–Trinajstić information content (AvgIpc) is 2.73. The minimum atomic E-state index is -4.41. The third-order valence-corrected chi connectivity index (χ3v) is 7.15. The molecule has 6 heteroatoms. The Labute approximate surface area is 193 Å². The Bertz CT molecular complexity index is 437. The molecule has 0 spiro atoms. The third-order valence-electron chi connectivity index (χ3n) is 6.58. The second-order valence-corrected chi connectivity index (χ2v) is 10.9. The molecule has 1 aliphatic rings. The normalized spacial score (nSPS) is 16.6. The molecule has 1 heterocycles. The molecule has 5 nitrogen and oxygen atoms in total. The molecule has 1 unspecified atom stereocenters. The molecule has 0 aromatic heterocycles. The largest absolute Gasteiger partial charge is 0.469 e. The summed E-state index contributed by atoms with van der Waals surface area (Å²) in [5, 5.41) is 0. The van der Waals surface area contributed by atoms with E-state index in [1.54, 1.807) is 0 Å². The fourth-order valence-electron chi connectivity index (χ4n) is 4.72. The number of likely N-dealkylation sites (tertiary alicyclic amines) is 1. The smallest absolute Gasteiger partial charge is 0.303 e. The molecule has 0 aromatic carbocycles. The summed E-state index contributed by atoms with van der Waals surface area (Å²) in [6.45, 7) is 4.99. The Morgan fingerprint density at radius 3 is 1.55 bits per heavy atom. The molecule has 1 atom stereocenters. The van der Waals surface area contributed by atoms with Crippen molar-refractivity contribution < 1.29 is 18.9 Å². The molecule has 0 radical (unpaired) electrons. The van der Waals surface area contributed by atoms with Crippen LogP contribution in [0.1, 0.15) is 135 Å². The highest BCUT2D eigenvalue weighted by atomic mass is 31.2. The number of hydrogen-bond acceptors (Lipinski definition) is 3. The molecule has 0 aromatic rings. The lowest BCUT2D eigenvalue weighted by Crippen LogP contribution is -2.37. The molecule has 186 valence electrons. The van der Waals surface area contributed by atoms with Gasteiger partial charge in [-0.25, -0.2) is 4.57 Å². The van der Waals surface area contributed by atoms with Crippen molar-refractivity contribution in [1.29, 1.82) is 0 Å². The van der Waals surface area contributed by atoms with E-state index in [-0.39, 0.29) is 6.10 Å². The first-order valence-electron chi connectivity index (χ1n) is 13.5. The Morgan fingerprint density at radius 1 is 0.710 bits per heavy atom. The van der Waals surface area contributed by atoms with E-state index in [1.807, 2.05) is 0 Å². The Kier molecular flexibility index (Phi) is 18.3. The first-order chi connectivity index (χ1) is 15.0. The van der Waals surface area contributed by atoms with Crippen LogP contribution in [0, 0.1) is 0 Å². The monoisotopic (exact) mass is 461 g/mol. The van der Waals surface area contributed by atoms with Crippen LogP contribution >= 0.6 is 7.82 Å². The van der Waals surface area contributed by atoms with Crippen molar-refractivity contribution in [3.63, 3.8) is 0 Å². The Morgan fingerprint density at radius 2 is 1.13 bits per heavy atom. The highest BCUT2D eigenvalue weighted by molar-refractivity contribution is 7.46. The van der Waals surface area contributed by atoms with Gasteiger partial charge in [0.05, 0.1) is 6.10 Å². The van der Waals surface area contributed by atoms with Crippen LogP contribution in [-0.4, -0.2) is 40.4 Å². The molecule has 0 aliphatic carbocycles. The van der Waals surface area contributed by atoms with Crippen LogP contribution in [0.15, 0.2) is 0 Å². The summed E-state index contributed by atoms with van der Waals surface area (Å²) in [6.07, 6.45) is 25.4. The summed E-state index contributed by atoms with van der Waals surface area (Å²) in [4.78, 5) is 20.7. The van der Waals surface area contributed by atoms with Gasteiger partial charge < -0.3 is 14.7 Å². The van der Waals surface area contributed by atoms with E-state index in [0.717, 1.165) is 32.4 Å².